The Morgan fingerprint density at radius 2 is 2.03 bits per heavy atom. The maximum absolute atomic E-state index is 12.7. The number of hydrogen-bond acceptors (Lipinski definition) is 6. The molecule has 3 aromatic rings. The van der Waals surface area contributed by atoms with Gasteiger partial charge in [0.2, 0.25) is 16.9 Å². The SMILES string of the molecule is COc1ccc(Cc2nnc(NC(=O)C3CC(=O)N(c4ccc(C)c(Cl)c4)C3)s2)cc1. The predicted molar refractivity (Wildman–Crippen MR) is 121 cm³/mol. The fraction of sp³-hybridized carbons (Fsp3) is 0.273. The van der Waals surface area contributed by atoms with E-state index in [9.17, 15) is 9.59 Å². The van der Waals surface area contributed by atoms with Gasteiger partial charge in [-0.3, -0.25) is 9.59 Å². The second kappa shape index (κ2) is 9.03. The highest BCUT2D eigenvalue weighted by Crippen LogP contribution is 2.30. The van der Waals surface area contributed by atoms with Gasteiger partial charge in [-0.15, -0.1) is 10.2 Å². The second-order valence-corrected chi connectivity index (χ2v) is 8.82. The summed E-state index contributed by atoms with van der Waals surface area (Å²) in [6.07, 6.45) is 0.760. The summed E-state index contributed by atoms with van der Waals surface area (Å²) in [5.41, 5.74) is 2.71. The molecule has 0 radical (unpaired) electrons. The molecule has 0 bridgehead atoms. The molecule has 1 saturated heterocycles. The van der Waals surface area contributed by atoms with Gasteiger partial charge in [0.25, 0.3) is 0 Å². The van der Waals surface area contributed by atoms with Gasteiger partial charge in [0.05, 0.1) is 13.0 Å². The van der Waals surface area contributed by atoms with Crippen LogP contribution >= 0.6 is 22.9 Å². The smallest absolute Gasteiger partial charge is 0.231 e. The summed E-state index contributed by atoms with van der Waals surface area (Å²) < 4.78 is 5.16. The summed E-state index contributed by atoms with van der Waals surface area (Å²) in [4.78, 5) is 26.8. The molecule has 9 heteroatoms. The number of hydrogen-bond donors (Lipinski definition) is 1. The molecule has 0 spiro atoms. The summed E-state index contributed by atoms with van der Waals surface area (Å²) in [5.74, 6) is 0.00211. The number of anilines is 2. The highest BCUT2D eigenvalue weighted by Gasteiger charge is 2.35. The molecule has 2 aromatic carbocycles. The van der Waals surface area contributed by atoms with E-state index >= 15 is 0 Å². The number of benzene rings is 2. The molecular formula is C22H21ClN4O3S. The Morgan fingerprint density at radius 3 is 2.74 bits per heavy atom. The average molecular weight is 457 g/mol. The van der Waals surface area contributed by atoms with Crippen LogP contribution < -0.4 is 15.0 Å². The third kappa shape index (κ3) is 4.86. The van der Waals surface area contributed by atoms with Crippen LogP contribution in [0.4, 0.5) is 10.8 Å². The Hall–Kier alpha value is -2.97. The average Bonchev–Trinajstić information content (AvgIpc) is 3.37. The van der Waals surface area contributed by atoms with E-state index in [2.05, 4.69) is 15.5 Å². The van der Waals surface area contributed by atoms with Gasteiger partial charge in [-0.2, -0.15) is 0 Å². The van der Waals surface area contributed by atoms with Crippen LogP contribution in [0.2, 0.25) is 5.02 Å². The minimum Gasteiger partial charge on any atom is -0.497 e. The molecule has 1 N–H and O–H groups in total. The van der Waals surface area contributed by atoms with Crippen molar-refractivity contribution in [3.05, 3.63) is 63.6 Å². The van der Waals surface area contributed by atoms with Crippen LogP contribution in [0, 0.1) is 12.8 Å². The summed E-state index contributed by atoms with van der Waals surface area (Å²) in [6, 6.07) is 13.2. The lowest BCUT2D eigenvalue weighted by atomic mass is 10.1. The molecule has 1 fully saturated rings. The second-order valence-electron chi connectivity index (χ2n) is 7.35. The van der Waals surface area contributed by atoms with Crippen molar-refractivity contribution in [2.24, 2.45) is 5.92 Å². The van der Waals surface area contributed by atoms with Gasteiger partial charge in [0.1, 0.15) is 10.8 Å². The summed E-state index contributed by atoms with van der Waals surface area (Å²) in [7, 11) is 1.63. The van der Waals surface area contributed by atoms with Crippen molar-refractivity contribution in [2.45, 2.75) is 19.8 Å². The van der Waals surface area contributed by atoms with Crippen LogP contribution in [-0.4, -0.2) is 35.7 Å². The first-order valence-corrected chi connectivity index (χ1v) is 10.9. The van der Waals surface area contributed by atoms with Crippen molar-refractivity contribution < 1.29 is 14.3 Å². The van der Waals surface area contributed by atoms with Crippen LogP contribution in [0.1, 0.15) is 22.6 Å². The Balaban J connectivity index is 1.37. The summed E-state index contributed by atoms with van der Waals surface area (Å²) in [5, 5.41) is 12.8. The molecule has 1 aromatic heterocycles. The third-order valence-corrected chi connectivity index (χ3v) is 6.42. The Morgan fingerprint density at radius 1 is 1.26 bits per heavy atom. The zero-order chi connectivity index (χ0) is 22.0. The van der Waals surface area contributed by atoms with E-state index in [0.29, 0.717) is 28.8 Å². The highest BCUT2D eigenvalue weighted by molar-refractivity contribution is 7.15. The molecule has 4 rings (SSSR count). The number of halogens is 1. The number of ether oxygens (including phenoxy) is 1. The fourth-order valence-electron chi connectivity index (χ4n) is 3.38. The molecule has 160 valence electrons. The first-order chi connectivity index (χ1) is 14.9. The lowest BCUT2D eigenvalue weighted by Crippen LogP contribution is -2.28. The van der Waals surface area contributed by atoms with E-state index in [0.717, 1.165) is 21.9 Å². The lowest BCUT2D eigenvalue weighted by molar-refractivity contribution is -0.122. The number of aromatic nitrogens is 2. The molecule has 1 unspecified atom stereocenters. The van der Waals surface area contributed by atoms with Gasteiger partial charge >= 0.3 is 0 Å². The van der Waals surface area contributed by atoms with Gasteiger partial charge in [-0.25, -0.2) is 0 Å². The van der Waals surface area contributed by atoms with Gasteiger partial charge in [-0.05, 0) is 42.3 Å². The summed E-state index contributed by atoms with van der Waals surface area (Å²) in [6.45, 7) is 2.21. The van der Waals surface area contributed by atoms with Gasteiger partial charge in [-0.1, -0.05) is 41.1 Å². The van der Waals surface area contributed by atoms with Crippen molar-refractivity contribution in [3.63, 3.8) is 0 Å². The fourth-order valence-corrected chi connectivity index (χ4v) is 4.34. The third-order valence-electron chi connectivity index (χ3n) is 5.17. The van der Waals surface area contributed by atoms with E-state index in [1.165, 1.54) is 11.3 Å². The van der Waals surface area contributed by atoms with Crippen LogP contribution in [0.3, 0.4) is 0 Å². The Labute approximate surface area is 189 Å². The standard InChI is InChI=1S/C22H21ClN4O3S/c1-13-3-6-16(11-18(13)23)27-12-15(10-20(27)28)21(29)24-22-26-25-19(31-22)9-14-4-7-17(30-2)8-5-14/h3-8,11,15H,9-10,12H2,1-2H3,(H,24,26,29). The quantitative estimate of drug-likeness (QED) is 0.603. The van der Waals surface area contributed by atoms with Crippen molar-refractivity contribution >= 4 is 45.6 Å². The maximum Gasteiger partial charge on any atom is 0.231 e. The van der Waals surface area contributed by atoms with Gasteiger partial charge in [0, 0.05) is 30.1 Å². The van der Waals surface area contributed by atoms with Crippen molar-refractivity contribution in [3.8, 4) is 5.75 Å². The molecule has 0 aliphatic carbocycles. The van der Waals surface area contributed by atoms with Crippen molar-refractivity contribution in [1.29, 1.82) is 0 Å². The van der Waals surface area contributed by atoms with Gasteiger partial charge in [0.15, 0.2) is 0 Å². The molecule has 2 heterocycles. The molecule has 7 nitrogen and oxygen atoms in total. The van der Waals surface area contributed by atoms with E-state index in [1.54, 1.807) is 18.1 Å². The number of nitrogens with one attached hydrogen (secondary N) is 1. The number of nitrogens with zero attached hydrogens (tertiary/aromatic N) is 3. The van der Waals surface area contributed by atoms with Crippen molar-refractivity contribution in [2.75, 3.05) is 23.9 Å². The highest BCUT2D eigenvalue weighted by atomic mass is 35.5. The topological polar surface area (TPSA) is 84.4 Å². The molecule has 31 heavy (non-hydrogen) atoms. The van der Waals surface area contributed by atoms with Crippen LogP contribution in [0.5, 0.6) is 5.75 Å². The first-order valence-electron chi connectivity index (χ1n) is 9.75. The molecule has 1 atom stereocenters. The number of rotatable bonds is 6. The van der Waals surface area contributed by atoms with E-state index in [4.69, 9.17) is 16.3 Å². The zero-order valence-electron chi connectivity index (χ0n) is 17.1. The van der Waals surface area contributed by atoms with Crippen LogP contribution in [-0.2, 0) is 16.0 Å². The molecule has 1 aliphatic heterocycles. The predicted octanol–water partition coefficient (Wildman–Crippen LogP) is 4.09. The first kappa shape index (κ1) is 21.3. The van der Waals surface area contributed by atoms with Crippen LogP contribution in [0.15, 0.2) is 42.5 Å². The Bertz CT molecular complexity index is 1120. The maximum atomic E-state index is 12.7. The summed E-state index contributed by atoms with van der Waals surface area (Å²) >= 11 is 7.51. The zero-order valence-corrected chi connectivity index (χ0v) is 18.7. The minimum absolute atomic E-state index is 0.0995. The van der Waals surface area contributed by atoms with E-state index < -0.39 is 5.92 Å². The lowest BCUT2D eigenvalue weighted by Gasteiger charge is -2.17. The van der Waals surface area contributed by atoms with Crippen molar-refractivity contribution in [1.82, 2.24) is 10.2 Å². The minimum atomic E-state index is -0.457. The largest absolute Gasteiger partial charge is 0.497 e. The molecular weight excluding hydrogens is 436 g/mol. The number of carbonyl (C=O) groups excluding carboxylic acids is 2. The normalized spacial score (nSPS) is 15.9. The molecule has 2 amide bonds. The number of amides is 2. The van der Waals surface area contributed by atoms with E-state index in [-0.39, 0.29) is 18.2 Å². The number of carbonyl (C=O) groups is 2. The number of methoxy groups -OCH3 is 1. The molecule has 0 saturated carbocycles. The van der Waals surface area contributed by atoms with Gasteiger partial charge < -0.3 is 15.0 Å². The Kier molecular flexibility index (Phi) is 6.20. The van der Waals surface area contributed by atoms with Crippen LogP contribution in [0.25, 0.3) is 0 Å². The van der Waals surface area contributed by atoms with E-state index in [1.807, 2.05) is 43.3 Å². The number of aryl methyl sites for hydroxylation is 1. The monoisotopic (exact) mass is 456 g/mol. The molecule has 1 aliphatic rings.